The zero-order chi connectivity index (χ0) is 18.3. The van der Waals surface area contributed by atoms with Crippen LogP contribution in [0, 0.1) is 13.8 Å². The number of fused-ring (bicyclic) bond motifs is 1. The van der Waals surface area contributed by atoms with E-state index in [1.165, 1.54) is 11.0 Å². The molecule has 7 heteroatoms. The third kappa shape index (κ3) is 2.97. The average Bonchev–Trinajstić information content (AvgIpc) is 3.08. The van der Waals surface area contributed by atoms with Gasteiger partial charge in [-0.25, -0.2) is 4.79 Å². The number of amides is 1. The average molecular weight is 345 g/mol. The van der Waals surface area contributed by atoms with Gasteiger partial charge in [0.25, 0.3) is 5.91 Å². The molecule has 25 heavy (non-hydrogen) atoms. The van der Waals surface area contributed by atoms with E-state index in [2.05, 4.69) is 0 Å². The molecule has 3 rings (SSSR count). The van der Waals surface area contributed by atoms with Crippen LogP contribution >= 0.6 is 0 Å². The number of nitrogens with zero attached hydrogens (tertiary/aromatic N) is 1. The molecule has 0 spiro atoms. The van der Waals surface area contributed by atoms with Crippen LogP contribution < -0.4 is 0 Å². The van der Waals surface area contributed by atoms with Gasteiger partial charge in [0.15, 0.2) is 11.5 Å². The summed E-state index contributed by atoms with van der Waals surface area (Å²) in [6.07, 6.45) is 1.85. The van der Waals surface area contributed by atoms with Gasteiger partial charge in [-0.05, 0) is 26.3 Å². The molecule has 7 nitrogen and oxygen atoms in total. The summed E-state index contributed by atoms with van der Waals surface area (Å²) in [4.78, 5) is 37.2. The lowest BCUT2D eigenvalue weighted by Gasteiger charge is -2.14. The molecule has 1 aliphatic carbocycles. The monoisotopic (exact) mass is 345 g/mol. The Hall–Kier alpha value is -2.83. The largest absolute Gasteiger partial charge is 0.478 e. The zero-order valence-corrected chi connectivity index (χ0v) is 14.3. The SMILES string of the molecule is Cc1oc(CN(C)C(=O)c2oc3c(c2C)C(=O)CCC3)cc1C(=O)O. The van der Waals surface area contributed by atoms with Gasteiger partial charge in [-0.3, -0.25) is 9.59 Å². The van der Waals surface area contributed by atoms with E-state index in [9.17, 15) is 14.4 Å². The number of carbonyl (C=O) groups excluding carboxylic acids is 2. The molecule has 0 aliphatic heterocycles. The van der Waals surface area contributed by atoms with Gasteiger partial charge in [0, 0.05) is 25.5 Å². The first kappa shape index (κ1) is 17.0. The van der Waals surface area contributed by atoms with Crippen LogP contribution in [0.5, 0.6) is 0 Å². The highest BCUT2D eigenvalue weighted by molar-refractivity contribution is 6.03. The van der Waals surface area contributed by atoms with E-state index in [-0.39, 0.29) is 29.6 Å². The fourth-order valence-corrected chi connectivity index (χ4v) is 3.17. The zero-order valence-electron chi connectivity index (χ0n) is 14.3. The van der Waals surface area contributed by atoms with Crippen LogP contribution in [0.3, 0.4) is 0 Å². The Balaban J connectivity index is 1.83. The summed E-state index contributed by atoms with van der Waals surface area (Å²) in [6, 6.07) is 1.41. The standard InChI is InChI=1S/C18H19NO6/c1-9-15-13(20)5-4-6-14(15)25-16(9)17(21)19(3)8-11-7-12(18(22)23)10(2)24-11/h7H,4-6,8H2,1-3H3,(H,22,23). The second-order valence-corrected chi connectivity index (χ2v) is 6.28. The molecule has 1 aliphatic rings. The fraction of sp³-hybridized carbons (Fsp3) is 0.389. The number of ketones is 1. The minimum absolute atomic E-state index is 0.0111. The Labute approximate surface area is 144 Å². The quantitative estimate of drug-likeness (QED) is 0.914. The molecular formula is C18H19NO6. The van der Waals surface area contributed by atoms with E-state index in [0.29, 0.717) is 41.2 Å². The highest BCUT2D eigenvalue weighted by Crippen LogP contribution is 2.30. The van der Waals surface area contributed by atoms with Crippen molar-refractivity contribution < 1.29 is 28.3 Å². The van der Waals surface area contributed by atoms with Crippen LogP contribution in [0.15, 0.2) is 14.9 Å². The highest BCUT2D eigenvalue weighted by atomic mass is 16.4. The molecule has 0 fully saturated rings. The predicted octanol–water partition coefficient (Wildman–Crippen LogP) is 2.98. The lowest BCUT2D eigenvalue weighted by molar-refractivity contribution is 0.0693. The van der Waals surface area contributed by atoms with Crippen LogP contribution in [-0.2, 0) is 13.0 Å². The number of carboxylic acids is 1. The van der Waals surface area contributed by atoms with Gasteiger partial charge in [-0.15, -0.1) is 0 Å². The maximum atomic E-state index is 12.7. The maximum absolute atomic E-state index is 12.7. The third-order valence-corrected chi connectivity index (χ3v) is 4.44. The predicted molar refractivity (Wildman–Crippen MR) is 86.9 cm³/mol. The van der Waals surface area contributed by atoms with Gasteiger partial charge < -0.3 is 18.8 Å². The van der Waals surface area contributed by atoms with Gasteiger partial charge in [-0.1, -0.05) is 0 Å². The number of aryl methyl sites for hydroxylation is 2. The number of rotatable bonds is 4. The molecule has 1 N–H and O–H groups in total. The second-order valence-electron chi connectivity index (χ2n) is 6.28. The van der Waals surface area contributed by atoms with Gasteiger partial charge in [-0.2, -0.15) is 0 Å². The molecule has 0 radical (unpaired) electrons. The minimum Gasteiger partial charge on any atom is -0.478 e. The number of aromatic carboxylic acids is 1. The summed E-state index contributed by atoms with van der Waals surface area (Å²) in [5.74, 6) is -0.0384. The number of Topliss-reactive ketones (excluding diaryl/α,β-unsaturated/α-hetero) is 1. The summed E-state index contributed by atoms with van der Waals surface area (Å²) < 4.78 is 11.1. The van der Waals surface area contributed by atoms with E-state index in [1.807, 2.05) is 0 Å². The van der Waals surface area contributed by atoms with Gasteiger partial charge >= 0.3 is 5.97 Å². The Kier molecular flexibility index (Phi) is 4.24. The van der Waals surface area contributed by atoms with Crippen molar-refractivity contribution in [3.05, 3.63) is 45.8 Å². The highest BCUT2D eigenvalue weighted by Gasteiger charge is 2.30. The maximum Gasteiger partial charge on any atom is 0.339 e. The van der Waals surface area contributed by atoms with Crippen molar-refractivity contribution in [1.29, 1.82) is 0 Å². The van der Waals surface area contributed by atoms with Crippen molar-refractivity contribution in [2.45, 2.75) is 39.7 Å². The lowest BCUT2D eigenvalue weighted by Crippen LogP contribution is -2.26. The van der Waals surface area contributed by atoms with Crippen molar-refractivity contribution in [3.63, 3.8) is 0 Å². The molecule has 0 unspecified atom stereocenters. The van der Waals surface area contributed by atoms with Crippen molar-refractivity contribution in [2.24, 2.45) is 0 Å². The molecule has 2 aromatic heterocycles. The first-order chi connectivity index (χ1) is 11.8. The Morgan fingerprint density at radius 2 is 1.96 bits per heavy atom. The second kappa shape index (κ2) is 6.23. The number of carbonyl (C=O) groups is 3. The summed E-state index contributed by atoms with van der Waals surface area (Å²) in [5.41, 5.74) is 1.18. The first-order valence-corrected chi connectivity index (χ1v) is 8.03. The Bertz CT molecular complexity index is 873. The molecule has 0 saturated carbocycles. The molecule has 1 amide bonds. The summed E-state index contributed by atoms with van der Waals surface area (Å²) >= 11 is 0. The van der Waals surface area contributed by atoms with E-state index in [4.69, 9.17) is 13.9 Å². The van der Waals surface area contributed by atoms with Crippen LogP contribution in [0.2, 0.25) is 0 Å². The summed E-state index contributed by atoms with van der Waals surface area (Å²) in [6.45, 7) is 3.38. The molecular weight excluding hydrogens is 326 g/mol. The van der Waals surface area contributed by atoms with Crippen LogP contribution in [0.25, 0.3) is 0 Å². The molecule has 2 aromatic rings. The number of carboxylic acid groups (broad SMARTS) is 1. The van der Waals surface area contributed by atoms with E-state index in [1.54, 1.807) is 20.9 Å². The van der Waals surface area contributed by atoms with Crippen molar-refractivity contribution in [3.8, 4) is 0 Å². The molecule has 0 aromatic carbocycles. The van der Waals surface area contributed by atoms with E-state index in [0.717, 1.165) is 6.42 Å². The molecule has 0 bridgehead atoms. The van der Waals surface area contributed by atoms with Crippen LogP contribution in [0.4, 0.5) is 0 Å². The van der Waals surface area contributed by atoms with Gasteiger partial charge in [0.2, 0.25) is 0 Å². The van der Waals surface area contributed by atoms with Gasteiger partial charge in [0.1, 0.15) is 22.8 Å². The van der Waals surface area contributed by atoms with Gasteiger partial charge in [0.05, 0.1) is 12.1 Å². The molecule has 132 valence electrons. The van der Waals surface area contributed by atoms with Crippen molar-refractivity contribution >= 4 is 17.7 Å². The topological polar surface area (TPSA) is 101 Å². The number of furan rings is 2. The first-order valence-electron chi connectivity index (χ1n) is 8.03. The Morgan fingerprint density at radius 1 is 1.24 bits per heavy atom. The summed E-state index contributed by atoms with van der Waals surface area (Å²) in [5, 5.41) is 9.07. The van der Waals surface area contributed by atoms with Crippen molar-refractivity contribution in [2.75, 3.05) is 7.05 Å². The normalized spacial score (nSPS) is 13.6. The minimum atomic E-state index is -1.07. The van der Waals surface area contributed by atoms with E-state index < -0.39 is 5.97 Å². The number of hydrogen-bond acceptors (Lipinski definition) is 5. The molecule has 2 heterocycles. The molecule has 0 saturated heterocycles. The van der Waals surface area contributed by atoms with E-state index >= 15 is 0 Å². The smallest absolute Gasteiger partial charge is 0.339 e. The lowest BCUT2D eigenvalue weighted by atomic mass is 9.94. The number of hydrogen-bond donors (Lipinski definition) is 1. The third-order valence-electron chi connectivity index (χ3n) is 4.44. The van der Waals surface area contributed by atoms with Crippen molar-refractivity contribution in [1.82, 2.24) is 4.90 Å². The summed E-state index contributed by atoms with van der Waals surface area (Å²) in [7, 11) is 1.57. The molecule has 0 atom stereocenters. The van der Waals surface area contributed by atoms with Crippen LogP contribution in [-0.4, -0.2) is 34.7 Å². The van der Waals surface area contributed by atoms with Crippen LogP contribution in [0.1, 0.15) is 67.0 Å². The Morgan fingerprint density at radius 3 is 2.56 bits per heavy atom. The fourth-order valence-electron chi connectivity index (χ4n) is 3.17.